The summed E-state index contributed by atoms with van der Waals surface area (Å²) in [5.74, 6) is 0.128. The summed E-state index contributed by atoms with van der Waals surface area (Å²) in [7, 11) is -3.31. The van der Waals surface area contributed by atoms with Crippen molar-refractivity contribution in [1.82, 2.24) is 19.5 Å². The number of nitrogens with zero attached hydrogens (tertiary/aromatic N) is 4. The molecular weight excluding hydrogens is 509 g/mol. The average molecular weight is 540 g/mol. The summed E-state index contributed by atoms with van der Waals surface area (Å²) in [6.45, 7) is 7.52. The smallest absolute Gasteiger partial charge is 0.327 e. The van der Waals surface area contributed by atoms with Crippen LogP contribution in [0.2, 0.25) is 5.28 Å². The largest absolute Gasteiger partial charge is 0.389 e. The zero-order chi connectivity index (χ0) is 26.1. The Morgan fingerprint density at radius 2 is 2.00 bits per heavy atom. The maximum atomic E-state index is 12.5. The molecule has 0 radical (unpaired) electrons. The summed E-state index contributed by atoms with van der Waals surface area (Å²) < 4.78 is 37.2. The number of anilines is 1. The van der Waals surface area contributed by atoms with Crippen LogP contribution in [0.5, 0.6) is 0 Å². The number of halogens is 1. The van der Waals surface area contributed by atoms with Gasteiger partial charge in [-0.05, 0) is 31.0 Å². The van der Waals surface area contributed by atoms with Gasteiger partial charge in [-0.3, -0.25) is 9.13 Å². The summed E-state index contributed by atoms with van der Waals surface area (Å²) in [5, 5.41) is 11.3. The zero-order valence-corrected chi connectivity index (χ0v) is 22.3. The number of rotatable bonds is 10. The van der Waals surface area contributed by atoms with Crippen molar-refractivity contribution < 1.29 is 28.2 Å². The van der Waals surface area contributed by atoms with Gasteiger partial charge in [0.2, 0.25) is 5.28 Å². The standard InChI is InChI=1S/C23H31ClN5O6P/c1-5-33-36(4,31)34-11-16-18(30)23(3,12-32-10-15-8-6-14(2)7-9-15)21(35-16)29-13-26-17-19(25)27-22(24)28-20(17)29/h6-9,13,16,18,21,30H,5,10-12H2,1-4H3,(H2,25,27,28)/t16-,18+,21-,23?,36?/m1/s1. The van der Waals surface area contributed by atoms with Gasteiger partial charge in [0.05, 0.1) is 44.3 Å². The zero-order valence-electron chi connectivity index (χ0n) is 20.6. The van der Waals surface area contributed by atoms with Crippen LogP contribution in [-0.4, -0.2) is 63.3 Å². The van der Waals surface area contributed by atoms with E-state index in [1.807, 2.05) is 38.1 Å². The van der Waals surface area contributed by atoms with Crippen LogP contribution < -0.4 is 5.73 Å². The van der Waals surface area contributed by atoms with Crippen LogP contribution in [0.4, 0.5) is 5.82 Å². The highest BCUT2D eigenvalue weighted by Gasteiger charge is 2.55. The fourth-order valence-corrected chi connectivity index (χ4v) is 5.41. The Hall–Kier alpha value is -2.11. The van der Waals surface area contributed by atoms with Gasteiger partial charge in [0.1, 0.15) is 17.8 Å². The lowest BCUT2D eigenvalue weighted by Gasteiger charge is -2.33. The molecule has 0 saturated carbocycles. The molecule has 1 aliphatic heterocycles. The van der Waals surface area contributed by atoms with E-state index >= 15 is 0 Å². The third-order valence-electron chi connectivity index (χ3n) is 6.21. The van der Waals surface area contributed by atoms with Gasteiger partial charge in [0.15, 0.2) is 11.5 Å². The molecule has 2 aromatic heterocycles. The SMILES string of the molecule is CCOP(C)(=O)OC[C@H]1O[C@@H](n2cnc3c(N)nc(Cl)nc32)C(C)(COCc2ccc(C)cc2)[C@H]1O. The second-order valence-corrected chi connectivity index (χ2v) is 11.5. The quantitative estimate of drug-likeness (QED) is 0.289. The Morgan fingerprint density at radius 1 is 1.28 bits per heavy atom. The molecule has 3 heterocycles. The van der Waals surface area contributed by atoms with Crippen LogP contribution in [0.1, 0.15) is 31.2 Å². The first-order valence-corrected chi connectivity index (χ1v) is 13.9. The van der Waals surface area contributed by atoms with Crippen molar-refractivity contribution in [3.63, 3.8) is 0 Å². The highest BCUT2D eigenvalue weighted by molar-refractivity contribution is 7.52. The summed E-state index contributed by atoms with van der Waals surface area (Å²) in [5.41, 5.74) is 7.87. The highest BCUT2D eigenvalue weighted by atomic mass is 35.5. The van der Waals surface area contributed by atoms with Gasteiger partial charge < -0.3 is 29.4 Å². The number of fused-ring (bicyclic) bond motifs is 1. The number of aryl methyl sites for hydroxylation is 1. The third kappa shape index (κ3) is 5.57. The fourth-order valence-electron chi connectivity index (χ4n) is 4.27. The van der Waals surface area contributed by atoms with Crippen LogP contribution in [0, 0.1) is 12.3 Å². The molecule has 196 valence electrons. The normalized spacial score (nSPS) is 25.9. The van der Waals surface area contributed by atoms with Gasteiger partial charge in [-0.2, -0.15) is 9.97 Å². The molecule has 0 bridgehead atoms. The van der Waals surface area contributed by atoms with E-state index in [1.165, 1.54) is 13.0 Å². The highest BCUT2D eigenvalue weighted by Crippen LogP contribution is 2.49. The van der Waals surface area contributed by atoms with Crippen molar-refractivity contribution in [2.24, 2.45) is 5.41 Å². The van der Waals surface area contributed by atoms with Crippen molar-refractivity contribution in [3.05, 3.63) is 47.0 Å². The van der Waals surface area contributed by atoms with Crippen LogP contribution in [0.15, 0.2) is 30.6 Å². The molecule has 3 N–H and O–H groups in total. The van der Waals surface area contributed by atoms with E-state index in [1.54, 1.807) is 11.5 Å². The second-order valence-electron chi connectivity index (χ2n) is 9.14. The number of hydrogen-bond donors (Lipinski definition) is 2. The minimum absolute atomic E-state index is 0.0406. The maximum absolute atomic E-state index is 12.5. The lowest BCUT2D eigenvalue weighted by Crippen LogP contribution is -2.42. The molecule has 11 nitrogen and oxygen atoms in total. The van der Waals surface area contributed by atoms with Gasteiger partial charge in [-0.25, -0.2) is 4.98 Å². The molecule has 5 atom stereocenters. The van der Waals surface area contributed by atoms with Crippen molar-refractivity contribution in [2.45, 2.75) is 45.8 Å². The number of benzene rings is 1. The maximum Gasteiger partial charge on any atom is 0.327 e. The van der Waals surface area contributed by atoms with E-state index in [-0.39, 0.29) is 30.9 Å². The van der Waals surface area contributed by atoms with E-state index in [4.69, 9.17) is 35.9 Å². The van der Waals surface area contributed by atoms with Crippen molar-refractivity contribution in [1.29, 1.82) is 0 Å². The number of aliphatic hydroxyl groups excluding tert-OH is 1. The van der Waals surface area contributed by atoms with Crippen molar-refractivity contribution >= 4 is 36.2 Å². The van der Waals surface area contributed by atoms with E-state index < -0.39 is 31.4 Å². The molecule has 36 heavy (non-hydrogen) atoms. The third-order valence-corrected chi connectivity index (χ3v) is 7.72. The van der Waals surface area contributed by atoms with Gasteiger partial charge in [0.25, 0.3) is 0 Å². The monoisotopic (exact) mass is 539 g/mol. The topological polar surface area (TPSA) is 144 Å². The number of nitrogen functional groups attached to an aromatic ring is 1. The van der Waals surface area contributed by atoms with Gasteiger partial charge in [-0.15, -0.1) is 0 Å². The Bertz CT molecular complexity index is 1260. The molecule has 1 saturated heterocycles. The number of imidazole rings is 1. The van der Waals surface area contributed by atoms with E-state index in [9.17, 15) is 9.67 Å². The number of aromatic nitrogens is 4. The van der Waals surface area contributed by atoms with Crippen molar-refractivity contribution in [3.8, 4) is 0 Å². The lowest BCUT2D eigenvalue weighted by molar-refractivity contribution is -0.0736. The van der Waals surface area contributed by atoms with Gasteiger partial charge in [0, 0.05) is 6.66 Å². The number of aliphatic hydroxyl groups is 1. The van der Waals surface area contributed by atoms with Crippen LogP contribution >= 0.6 is 19.2 Å². The predicted molar refractivity (Wildman–Crippen MR) is 135 cm³/mol. The van der Waals surface area contributed by atoms with Crippen molar-refractivity contribution in [2.75, 3.05) is 32.2 Å². The first-order valence-electron chi connectivity index (χ1n) is 11.5. The molecule has 1 aliphatic rings. The molecule has 3 aromatic rings. The number of nitrogens with two attached hydrogens (primary N) is 1. The Balaban J connectivity index is 1.62. The first kappa shape index (κ1) is 26.9. The predicted octanol–water partition coefficient (Wildman–Crippen LogP) is 3.73. The number of ether oxygens (including phenoxy) is 2. The Kier molecular flexibility index (Phi) is 8.01. The molecule has 2 unspecified atom stereocenters. The summed E-state index contributed by atoms with van der Waals surface area (Å²) in [6.07, 6.45) is -1.15. The molecule has 0 spiro atoms. The molecule has 0 amide bonds. The average Bonchev–Trinajstić information content (AvgIpc) is 3.33. The van der Waals surface area contributed by atoms with E-state index in [0.29, 0.717) is 17.8 Å². The molecule has 4 rings (SSSR count). The number of hydrogen-bond acceptors (Lipinski definition) is 10. The van der Waals surface area contributed by atoms with Crippen LogP contribution in [-0.2, 0) is 29.7 Å². The molecule has 0 aliphatic carbocycles. The minimum atomic E-state index is -3.31. The second kappa shape index (κ2) is 10.7. The summed E-state index contributed by atoms with van der Waals surface area (Å²) >= 11 is 6.06. The molecule has 1 aromatic carbocycles. The molecular formula is C23H31ClN5O6P. The molecule has 13 heteroatoms. The minimum Gasteiger partial charge on any atom is -0.389 e. The van der Waals surface area contributed by atoms with Gasteiger partial charge >= 0.3 is 7.60 Å². The summed E-state index contributed by atoms with van der Waals surface area (Å²) in [6, 6.07) is 8.00. The van der Waals surface area contributed by atoms with E-state index in [2.05, 4.69) is 15.0 Å². The van der Waals surface area contributed by atoms with E-state index in [0.717, 1.165) is 11.1 Å². The first-order chi connectivity index (χ1) is 17.0. The molecule has 1 fully saturated rings. The Morgan fingerprint density at radius 3 is 2.69 bits per heavy atom. The fraction of sp³-hybridized carbons (Fsp3) is 0.522. The van der Waals surface area contributed by atoms with Crippen LogP contribution in [0.3, 0.4) is 0 Å². The lowest BCUT2D eigenvalue weighted by atomic mass is 9.83. The summed E-state index contributed by atoms with van der Waals surface area (Å²) in [4.78, 5) is 12.5. The Labute approximate surface area is 214 Å². The van der Waals surface area contributed by atoms with Gasteiger partial charge in [-0.1, -0.05) is 36.8 Å². The van der Waals surface area contributed by atoms with Crippen LogP contribution in [0.25, 0.3) is 11.2 Å².